The Morgan fingerprint density at radius 1 is 1.10 bits per heavy atom. The number of ether oxygens (including phenoxy) is 1. The molecule has 3 heterocycles. The molecule has 1 aliphatic rings. The molecule has 0 spiro atoms. The van der Waals surface area contributed by atoms with E-state index in [1.807, 2.05) is 30.3 Å². The van der Waals surface area contributed by atoms with Gasteiger partial charge in [0, 0.05) is 24.3 Å². The van der Waals surface area contributed by atoms with E-state index in [4.69, 9.17) is 9.26 Å². The van der Waals surface area contributed by atoms with Crippen molar-refractivity contribution in [1.82, 2.24) is 15.5 Å². The summed E-state index contributed by atoms with van der Waals surface area (Å²) in [6, 6.07) is 17.2. The van der Waals surface area contributed by atoms with Gasteiger partial charge in [-0.1, -0.05) is 35.5 Å². The second kappa shape index (κ2) is 8.28. The summed E-state index contributed by atoms with van der Waals surface area (Å²) in [6.45, 7) is 1.15. The summed E-state index contributed by atoms with van der Waals surface area (Å²) in [4.78, 5) is 17.8. The highest BCUT2D eigenvalue weighted by molar-refractivity contribution is 6.10. The van der Waals surface area contributed by atoms with Crippen LogP contribution in [0.5, 0.6) is 0 Å². The van der Waals surface area contributed by atoms with Crippen LogP contribution in [0.25, 0.3) is 33.6 Å². The summed E-state index contributed by atoms with van der Waals surface area (Å²) < 4.78 is 24.5. The van der Waals surface area contributed by atoms with Crippen LogP contribution in [0.3, 0.4) is 0 Å². The number of halogens is 1. The fourth-order valence-electron chi connectivity index (χ4n) is 3.80. The molecule has 7 heteroatoms. The molecule has 0 radical (unpaired) electrons. The minimum absolute atomic E-state index is 0.0221. The van der Waals surface area contributed by atoms with E-state index in [-0.39, 0.29) is 23.5 Å². The maximum Gasteiger partial charge on any atom is 0.259 e. The van der Waals surface area contributed by atoms with Crippen molar-refractivity contribution in [2.24, 2.45) is 0 Å². The summed E-state index contributed by atoms with van der Waals surface area (Å²) >= 11 is 0. The lowest BCUT2D eigenvalue weighted by Crippen LogP contribution is -2.32. The van der Waals surface area contributed by atoms with Crippen LogP contribution in [0, 0.1) is 5.82 Å². The van der Waals surface area contributed by atoms with Gasteiger partial charge in [-0.2, -0.15) is 0 Å². The molecule has 1 saturated heterocycles. The fourth-order valence-corrected chi connectivity index (χ4v) is 3.80. The molecule has 1 amide bonds. The van der Waals surface area contributed by atoms with E-state index in [9.17, 15) is 9.18 Å². The van der Waals surface area contributed by atoms with Crippen LogP contribution in [0.4, 0.5) is 4.39 Å². The van der Waals surface area contributed by atoms with Gasteiger partial charge in [-0.05, 0) is 43.2 Å². The molecule has 5 rings (SSSR count). The Labute approximate surface area is 178 Å². The van der Waals surface area contributed by atoms with Crippen LogP contribution in [-0.4, -0.2) is 35.3 Å². The molecular formula is C24H20FN3O3. The third-order valence-corrected chi connectivity index (χ3v) is 5.39. The number of amides is 1. The first-order valence-electron chi connectivity index (χ1n) is 10.2. The van der Waals surface area contributed by atoms with E-state index in [0.29, 0.717) is 34.4 Å². The van der Waals surface area contributed by atoms with Crippen LogP contribution in [0.2, 0.25) is 0 Å². The van der Waals surface area contributed by atoms with Gasteiger partial charge < -0.3 is 14.6 Å². The Bertz CT molecular complexity index is 1220. The number of nitrogens with zero attached hydrogens (tertiary/aromatic N) is 2. The number of nitrogens with one attached hydrogen (secondary N) is 1. The zero-order valence-electron chi connectivity index (χ0n) is 16.7. The van der Waals surface area contributed by atoms with Crippen molar-refractivity contribution in [1.29, 1.82) is 0 Å². The molecule has 156 valence electrons. The Hall–Kier alpha value is -3.58. The normalized spacial score (nSPS) is 16.0. The smallest absolute Gasteiger partial charge is 0.259 e. The lowest BCUT2D eigenvalue weighted by Gasteiger charge is -2.12. The Balaban J connectivity index is 1.60. The molecule has 2 aromatic heterocycles. The molecule has 1 atom stereocenters. The summed E-state index contributed by atoms with van der Waals surface area (Å²) in [6.07, 6.45) is 1.95. The molecule has 1 N–H and O–H groups in total. The third kappa shape index (κ3) is 3.92. The molecule has 0 bridgehead atoms. The average Bonchev–Trinajstić information content (AvgIpc) is 3.48. The molecule has 1 unspecified atom stereocenters. The predicted octanol–water partition coefficient (Wildman–Crippen LogP) is 4.60. The number of pyridine rings is 1. The summed E-state index contributed by atoms with van der Waals surface area (Å²) in [5, 5.41) is 7.61. The van der Waals surface area contributed by atoms with Gasteiger partial charge in [0.1, 0.15) is 11.5 Å². The first-order chi connectivity index (χ1) is 15.2. The molecule has 1 aliphatic heterocycles. The zero-order valence-corrected chi connectivity index (χ0v) is 16.7. The highest BCUT2D eigenvalue weighted by Crippen LogP contribution is 2.32. The van der Waals surface area contributed by atoms with Crippen molar-refractivity contribution in [2.75, 3.05) is 13.2 Å². The summed E-state index contributed by atoms with van der Waals surface area (Å²) in [5.41, 5.74) is 3.21. The van der Waals surface area contributed by atoms with Crippen molar-refractivity contribution in [2.45, 2.75) is 18.9 Å². The second-order valence-electron chi connectivity index (χ2n) is 7.48. The van der Waals surface area contributed by atoms with E-state index in [2.05, 4.69) is 15.5 Å². The van der Waals surface area contributed by atoms with Crippen LogP contribution < -0.4 is 5.32 Å². The highest BCUT2D eigenvalue weighted by Gasteiger charge is 2.23. The number of benzene rings is 2. The average molecular weight is 417 g/mol. The fraction of sp³-hybridized carbons (Fsp3) is 0.208. The second-order valence-corrected chi connectivity index (χ2v) is 7.48. The lowest BCUT2D eigenvalue weighted by molar-refractivity contribution is 0.0859. The number of aromatic nitrogens is 2. The van der Waals surface area contributed by atoms with Gasteiger partial charge in [0.15, 0.2) is 0 Å². The van der Waals surface area contributed by atoms with Gasteiger partial charge in [-0.25, -0.2) is 9.37 Å². The minimum atomic E-state index is -0.351. The van der Waals surface area contributed by atoms with Crippen LogP contribution in [0.1, 0.15) is 23.2 Å². The Morgan fingerprint density at radius 2 is 1.90 bits per heavy atom. The molecule has 0 aliphatic carbocycles. The molecule has 2 aromatic carbocycles. The summed E-state index contributed by atoms with van der Waals surface area (Å²) in [5.74, 6) is -0.609. The number of rotatable bonds is 5. The molecule has 1 fully saturated rings. The van der Waals surface area contributed by atoms with Crippen LogP contribution in [-0.2, 0) is 4.74 Å². The maximum absolute atomic E-state index is 13.4. The van der Waals surface area contributed by atoms with E-state index in [1.165, 1.54) is 12.1 Å². The minimum Gasteiger partial charge on any atom is -0.376 e. The van der Waals surface area contributed by atoms with E-state index >= 15 is 0 Å². The molecule has 31 heavy (non-hydrogen) atoms. The topological polar surface area (TPSA) is 77.2 Å². The van der Waals surface area contributed by atoms with Gasteiger partial charge in [0.2, 0.25) is 0 Å². The quantitative estimate of drug-likeness (QED) is 0.513. The highest BCUT2D eigenvalue weighted by atomic mass is 19.1. The van der Waals surface area contributed by atoms with Crippen molar-refractivity contribution in [3.8, 4) is 22.5 Å². The van der Waals surface area contributed by atoms with Crippen LogP contribution >= 0.6 is 0 Å². The van der Waals surface area contributed by atoms with Crippen molar-refractivity contribution >= 4 is 17.0 Å². The Kier molecular flexibility index (Phi) is 5.18. The van der Waals surface area contributed by atoms with Gasteiger partial charge in [-0.15, -0.1) is 0 Å². The first-order valence-corrected chi connectivity index (χ1v) is 10.2. The lowest BCUT2D eigenvalue weighted by atomic mass is 10.0. The zero-order chi connectivity index (χ0) is 21.2. The monoisotopic (exact) mass is 417 g/mol. The van der Waals surface area contributed by atoms with Gasteiger partial charge >= 0.3 is 0 Å². The van der Waals surface area contributed by atoms with E-state index in [0.717, 1.165) is 25.0 Å². The van der Waals surface area contributed by atoms with E-state index < -0.39 is 0 Å². The largest absolute Gasteiger partial charge is 0.376 e. The first kappa shape index (κ1) is 19.4. The van der Waals surface area contributed by atoms with Gasteiger partial charge in [0.25, 0.3) is 11.6 Å². The van der Waals surface area contributed by atoms with Gasteiger partial charge in [0.05, 0.1) is 22.7 Å². The Morgan fingerprint density at radius 3 is 2.65 bits per heavy atom. The van der Waals surface area contributed by atoms with Crippen LogP contribution in [0.15, 0.2) is 65.2 Å². The molecule has 4 aromatic rings. The predicted molar refractivity (Wildman–Crippen MR) is 114 cm³/mol. The molecule has 0 saturated carbocycles. The number of carbonyl (C=O) groups excluding carboxylic acids is 1. The van der Waals surface area contributed by atoms with Crippen molar-refractivity contribution in [3.63, 3.8) is 0 Å². The summed E-state index contributed by atoms with van der Waals surface area (Å²) in [7, 11) is 0. The third-order valence-electron chi connectivity index (χ3n) is 5.39. The number of hydrogen-bond acceptors (Lipinski definition) is 5. The standard InChI is InChI=1S/C24H20FN3O3/c25-17-10-8-16(9-11-17)22-21-19(23(29)26-14-18-7-4-12-30-18)13-20(27-24(21)31-28-22)15-5-2-1-3-6-15/h1-3,5-6,8-11,13,18H,4,7,12,14H2,(H,26,29). The number of carbonyl (C=O) groups is 1. The van der Waals surface area contributed by atoms with Crippen molar-refractivity contribution < 1.29 is 18.4 Å². The van der Waals surface area contributed by atoms with Gasteiger partial charge in [-0.3, -0.25) is 4.79 Å². The number of fused-ring (bicyclic) bond motifs is 1. The van der Waals surface area contributed by atoms with E-state index in [1.54, 1.807) is 18.2 Å². The molecule has 6 nitrogen and oxygen atoms in total. The number of hydrogen-bond donors (Lipinski definition) is 1. The molecular weight excluding hydrogens is 397 g/mol. The SMILES string of the molecule is O=C(NCC1CCCO1)c1cc(-c2ccccc2)nc2onc(-c3ccc(F)cc3)c12. The van der Waals surface area contributed by atoms with Crippen molar-refractivity contribution in [3.05, 3.63) is 72.0 Å². The maximum atomic E-state index is 13.4.